The van der Waals surface area contributed by atoms with Gasteiger partial charge in [-0.3, -0.25) is 10.1 Å². The summed E-state index contributed by atoms with van der Waals surface area (Å²) in [7, 11) is 0. The molecule has 0 aliphatic carbocycles. The van der Waals surface area contributed by atoms with Crippen LogP contribution in [0.25, 0.3) is 10.8 Å². The first-order chi connectivity index (χ1) is 13.6. The minimum atomic E-state index is -0.404. The van der Waals surface area contributed by atoms with Crippen LogP contribution < -0.4 is 10.2 Å². The first-order valence-electron chi connectivity index (χ1n) is 9.14. The zero-order valence-electron chi connectivity index (χ0n) is 15.2. The van der Waals surface area contributed by atoms with Gasteiger partial charge in [0.2, 0.25) is 0 Å². The van der Waals surface area contributed by atoms with Crippen LogP contribution in [0.5, 0.6) is 0 Å². The lowest BCUT2D eigenvalue weighted by Gasteiger charge is -2.36. The number of carbonyl (C=O) groups is 1. The molecule has 1 fully saturated rings. The number of benzene rings is 3. The smallest absolute Gasteiger partial charge is 0.321 e. The Balaban J connectivity index is 1.36. The lowest BCUT2D eigenvalue weighted by molar-refractivity contribution is -0.384. The predicted molar refractivity (Wildman–Crippen MR) is 110 cm³/mol. The van der Waals surface area contributed by atoms with Crippen molar-refractivity contribution in [2.75, 3.05) is 36.4 Å². The monoisotopic (exact) mass is 376 g/mol. The lowest BCUT2D eigenvalue weighted by atomic mass is 10.1. The number of nitro groups is 1. The van der Waals surface area contributed by atoms with Gasteiger partial charge in [0, 0.05) is 49.7 Å². The van der Waals surface area contributed by atoms with Crippen molar-refractivity contribution in [1.82, 2.24) is 4.90 Å². The van der Waals surface area contributed by atoms with Gasteiger partial charge in [0.05, 0.1) is 4.92 Å². The molecule has 142 valence electrons. The summed E-state index contributed by atoms with van der Waals surface area (Å²) in [5, 5.41) is 16.0. The average molecular weight is 376 g/mol. The van der Waals surface area contributed by atoms with Gasteiger partial charge in [-0.2, -0.15) is 0 Å². The Labute approximate surface area is 162 Å². The van der Waals surface area contributed by atoms with E-state index in [1.54, 1.807) is 17.0 Å². The van der Waals surface area contributed by atoms with Crippen LogP contribution in [0.3, 0.4) is 0 Å². The number of nitro benzene ring substituents is 1. The maximum absolute atomic E-state index is 12.6. The van der Waals surface area contributed by atoms with Crippen LogP contribution in [0.15, 0.2) is 66.7 Å². The Morgan fingerprint density at radius 3 is 2.25 bits per heavy atom. The summed E-state index contributed by atoms with van der Waals surface area (Å²) in [5.74, 6) is 0. The molecule has 0 spiro atoms. The minimum Gasteiger partial charge on any atom is -0.368 e. The van der Waals surface area contributed by atoms with E-state index in [0.717, 1.165) is 22.1 Å². The summed E-state index contributed by atoms with van der Waals surface area (Å²) >= 11 is 0. The number of amides is 2. The van der Waals surface area contributed by atoms with Gasteiger partial charge in [0.1, 0.15) is 0 Å². The largest absolute Gasteiger partial charge is 0.368 e. The third-order valence-electron chi connectivity index (χ3n) is 4.99. The van der Waals surface area contributed by atoms with E-state index in [0.29, 0.717) is 26.2 Å². The Morgan fingerprint density at radius 2 is 1.57 bits per heavy atom. The van der Waals surface area contributed by atoms with Crippen molar-refractivity contribution in [2.24, 2.45) is 0 Å². The average Bonchev–Trinajstić information content (AvgIpc) is 2.74. The highest BCUT2D eigenvalue weighted by atomic mass is 16.6. The van der Waals surface area contributed by atoms with Crippen molar-refractivity contribution in [3.8, 4) is 0 Å². The van der Waals surface area contributed by atoms with E-state index >= 15 is 0 Å². The topological polar surface area (TPSA) is 78.7 Å². The first kappa shape index (κ1) is 17.8. The molecule has 0 unspecified atom stereocenters. The fraction of sp³-hybridized carbons (Fsp3) is 0.190. The molecule has 0 saturated carbocycles. The third kappa shape index (κ3) is 3.73. The van der Waals surface area contributed by atoms with E-state index < -0.39 is 4.92 Å². The van der Waals surface area contributed by atoms with Crippen molar-refractivity contribution in [1.29, 1.82) is 0 Å². The van der Waals surface area contributed by atoms with Crippen LogP contribution in [-0.4, -0.2) is 42.0 Å². The molecule has 0 atom stereocenters. The number of hydrogen-bond donors (Lipinski definition) is 1. The van der Waals surface area contributed by atoms with Gasteiger partial charge < -0.3 is 15.1 Å². The van der Waals surface area contributed by atoms with E-state index in [1.165, 1.54) is 12.1 Å². The number of fused-ring (bicyclic) bond motifs is 1. The summed E-state index contributed by atoms with van der Waals surface area (Å²) in [6.07, 6.45) is 0. The molecule has 0 radical (unpaired) electrons. The SMILES string of the molecule is O=C(Nc1ccc2ccccc2c1)N1CCN(c2ccc([N+](=O)[O-])cc2)CC1. The van der Waals surface area contributed by atoms with Gasteiger partial charge in [0.25, 0.3) is 5.69 Å². The van der Waals surface area contributed by atoms with Gasteiger partial charge in [-0.05, 0) is 35.0 Å². The van der Waals surface area contributed by atoms with Crippen molar-refractivity contribution in [3.63, 3.8) is 0 Å². The highest BCUT2D eigenvalue weighted by molar-refractivity contribution is 5.93. The van der Waals surface area contributed by atoms with Crippen molar-refractivity contribution >= 4 is 33.9 Å². The highest BCUT2D eigenvalue weighted by Gasteiger charge is 2.21. The second kappa shape index (κ2) is 7.56. The maximum Gasteiger partial charge on any atom is 0.321 e. The number of non-ortho nitro benzene ring substituents is 1. The Kier molecular flexibility index (Phi) is 4.80. The molecule has 4 rings (SSSR count). The summed E-state index contributed by atoms with van der Waals surface area (Å²) in [6.45, 7) is 2.55. The van der Waals surface area contributed by atoms with E-state index in [-0.39, 0.29) is 11.7 Å². The molecule has 0 bridgehead atoms. The summed E-state index contributed by atoms with van der Waals surface area (Å²) in [6, 6.07) is 20.3. The van der Waals surface area contributed by atoms with Gasteiger partial charge in [0.15, 0.2) is 0 Å². The number of rotatable bonds is 3. The van der Waals surface area contributed by atoms with Gasteiger partial charge in [-0.1, -0.05) is 30.3 Å². The molecule has 1 saturated heterocycles. The molecule has 2 amide bonds. The van der Waals surface area contributed by atoms with E-state index in [2.05, 4.69) is 10.2 Å². The molecule has 1 aliphatic heterocycles. The van der Waals surface area contributed by atoms with Crippen LogP contribution in [0.1, 0.15) is 0 Å². The molecular weight excluding hydrogens is 356 g/mol. The van der Waals surface area contributed by atoms with Crippen LogP contribution in [-0.2, 0) is 0 Å². The second-order valence-electron chi connectivity index (χ2n) is 6.74. The number of carbonyl (C=O) groups excluding carboxylic acids is 1. The summed E-state index contributed by atoms with van der Waals surface area (Å²) < 4.78 is 0. The van der Waals surface area contributed by atoms with Gasteiger partial charge >= 0.3 is 6.03 Å². The van der Waals surface area contributed by atoms with Gasteiger partial charge in [-0.25, -0.2) is 4.79 Å². The third-order valence-corrected chi connectivity index (χ3v) is 4.99. The summed E-state index contributed by atoms with van der Waals surface area (Å²) in [4.78, 5) is 26.9. The quantitative estimate of drug-likeness (QED) is 0.551. The molecule has 3 aromatic carbocycles. The molecule has 7 nitrogen and oxygen atoms in total. The standard InChI is InChI=1S/C21H20N4O3/c26-21(22-18-6-5-16-3-1-2-4-17(16)15-18)24-13-11-23(12-14-24)19-7-9-20(10-8-19)25(27)28/h1-10,15H,11-14H2,(H,22,26). The highest BCUT2D eigenvalue weighted by Crippen LogP contribution is 2.22. The van der Waals surface area contributed by atoms with E-state index in [4.69, 9.17) is 0 Å². The molecule has 28 heavy (non-hydrogen) atoms. The fourth-order valence-corrected chi connectivity index (χ4v) is 3.42. The maximum atomic E-state index is 12.6. The molecule has 3 aromatic rings. The molecule has 1 N–H and O–H groups in total. The number of anilines is 2. The lowest BCUT2D eigenvalue weighted by Crippen LogP contribution is -2.50. The second-order valence-corrected chi connectivity index (χ2v) is 6.74. The summed E-state index contributed by atoms with van der Waals surface area (Å²) in [5.41, 5.74) is 1.79. The molecule has 1 aliphatic rings. The minimum absolute atomic E-state index is 0.0807. The Morgan fingerprint density at radius 1 is 0.893 bits per heavy atom. The van der Waals surface area contributed by atoms with Crippen molar-refractivity contribution in [3.05, 3.63) is 76.8 Å². The van der Waals surface area contributed by atoms with Crippen LogP contribution in [0.4, 0.5) is 21.9 Å². The number of urea groups is 1. The fourth-order valence-electron chi connectivity index (χ4n) is 3.42. The number of nitrogens with one attached hydrogen (secondary N) is 1. The molecule has 0 aromatic heterocycles. The Bertz CT molecular complexity index is 1010. The Hall–Kier alpha value is -3.61. The number of nitrogens with zero attached hydrogens (tertiary/aromatic N) is 3. The zero-order chi connectivity index (χ0) is 19.5. The predicted octanol–water partition coefficient (Wildman–Crippen LogP) is 4.10. The van der Waals surface area contributed by atoms with Gasteiger partial charge in [-0.15, -0.1) is 0 Å². The van der Waals surface area contributed by atoms with Crippen LogP contribution >= 0.6 is 0 Å². The first-order valence-corrected chi connectivity index (χ1v) is 9.14. The van der Waals surface area contributed by atoms with E-state index in [1.807, 2.05) is 42.5 Å². The molecule has 1 heterocycles. The number of piperazine rings is 1. The molecule has 7 heteroatoms. The van der Waals surface area contributed by atoms with Crippen LogP contribution in [0.2, 0.25) is 0 Å². The zero-order valence-corrected chi connectivity index (χ0v) is 15.2. The number of hydrogen-bond acceptors (Lipinski definition) is 4. The van der Waals surface area contributed by atoms with Crippen LogP contribution in [0, 0.1) is 10.1 Å². The van der Waals surface area contributed by atoms with Crippen molar-refractivity contribution < 1.29 is 9.72 Å². The van der Waals surface area contributed by atoms with E-state index in [9.17, 15) is 14.9 Å². The van der Waals surface area contributed by atoms with Crippen molar-refractivity contribution in [2.45, 2.75) is 0 Å². The normalized spacial score (nSPS) is 14.1. The molecular formula is C21H20N4O3.